The van der Waals surface area contributed by atoms with Crippen molar-refractivity contribution in [1.82, 2.24) is 5.32 Å². The molecule has 4 rings (SSSR count). The molecule has 2 aliphatic heterocycles. The molecule has 10 heteroatoms. The van der Waals surface area contributed by atoms with E-state index < -0.39 is 12.0 Å². The van der Waals surface area contributed by atoms with Crippen LogP contribution in [-0.4, -0.2) is 50.2 Å². The second kappa shape index (κ2) is 9.68. The van der Waals surface area contributed by atoms with Crippen LogP contribution in [-0.2, 0) is 9.53 Å². The number of rotatable bonds is 6. The number of esters is 1. The van der Waals surface area contributed by atoms with Crippen molar-refractivity contribution < 1.29 is 33.6 Å². The molecule has 0 saturated heterocycles. The highest BCUT2D eigenvalue weighted by molar-refractivity contribution is 7.80. The summed E-state index contributed by atoms with van der Waals surface area (Å²) in [6, 6.07) is 8.08. The highest BCUT2D eigenvalue weighted by atomic mass is 32.1. The third-order valence-corrected chi connectivity index (χ3v) is 5.90. The Balaban J connectivity index is 1.84. The van der Waals surface area contributed by atoms with Gasteiger partial charge < -0.3 is 34.1 Å². The summed E-state index contributed by atoms with van der Waals surface area (Å²) in [5.41, 5.74) is 2.27. The second-order valence-corrected chi connectivity index (χ2v) is 7.93. The Hall–Kier alpha value is -3.66. The SMILES string of the molecule is CCOC(=O)C1=C(C)N(c2ccc3c(c2)OCCO3)C(=S)NC1c1cc(OC)c(O)c(OC)c1. The van der Waals surface area contributed by atoms with Gasteiger partial charge in [-0.05, 0) is 55.9 Å². The fraction of sp³-hybridized carbons (Fsp3) is 0.333. The Labute approximate surface area is 202 Å². The van der Waals surface area contributed by atoms with E-state index >= 15 is 0 Å². The molecule has 34 heavy (non-hydrogen) atoms. The molecular formula is C24H26N2O7S. The van der Waals surface area contributed by atoms with Crippen LogP contribution in [0.25, 0.3) is 0 Å². The van der Waals surface area contributed by atoms with Gasteiger partial charge in [-0.25, -0.2) is 4.79 Å². The third-order valence-electron chi connectivity index (χ3n) is 5.60. The molecule has 180 valence electrons. The van der Waals surface area contributed by atoms with Crippen LogP contribution in [0.5, 0.6) is 28.7 Å². The van der Waals surface area contributed by atoms with Crippen LogP contribution in [0.4, 0.5) is 5.69 Å². The number of fused-ring (bicyclic) bond motifs is 1. The number of anilines is 1. The lowest BCUT2D eigenvalue weighted by molar-refractivity contribution is -0.139. The van der Waals surface area contributed by atoms with Crippen LogP contribution in [0.1, 0.15) is 25.5 Å². The molecule has 9 nitrogen and oxygen atoms in total. The molecular weight excluding hydrogens is 460 g/mol. The van der Waals surface area contributed by atoms with Gasteiger partial charge in [-0.3, -0.25) is 4.90 Å². The highest BCUT2D eigenvalue weighted by Crippen LogP contribution is 2.43. The van der Waals surface area contributed by atoms with Gasteiger partial charge in [-0.2, -0.15) is 0 Å². The number of carbonyl (C=O) groups is 1. The Kier molecular flexibility index (Phi) is 6.69. The van der Waals surface area contributed by atoms with E-state index in [4.69, 9.17) is 35.9 Å². The summed E-state index contributed by atoms with van der Waals surface area (Å²) in [7, 11) is 2.88. The average Bonchev–Trinajstić information content (AvgIpc) is 2.83. The van der Waals surface area contributed by atoms with Crippen molar-refractivity contribution in [3.05, 3.63) is 47.2 Å². The lowest BCUT2D eigenvalue weighted by Crippen LogP contribution is -2.48. The van der Waals surface area contributed by atoms with E-state index in [1.54, 1.807) is 30.9 Å². The standard InChI is InChI=1S/C24H26N2O7S/c1-5-31-23(28)20-13(2)26(15-6-7-16-17(12-15)33-9-8-32-16)24(34)25-21(20)14-10-18(29-3)22(27)19(11-14)30-4/h6-7,10-12,21,27H,5,8-9H2,1-4H3,(H,25,34). The van der Waals surface area contributed by atoms with Gasteiger partial charge in [-0.15, -0.1) is 0 Å². The molecule has 0 aliphatic carbocycles. The average molecular weight is 487 g/mol. The van der Waals surface area contributed by atoms with Crippen LogP contribution in [0.15, 0.2) is 41.6 Å². The first-order valence-corrected chi connectivity index (χ1v) is 11.1. The first-order valence-electron chi connectivity index (χ1n) is 10.7. The topological polar surface area (TPSA) is 98.7 Å². The Morgan fingerprint density at radius 2 is 1.79 bits per heavy atom. The number of phenolic OH excluding ortho intramolecular Hbond substituents is 1. The number of nitrogens with zero attached hydrogens (tertiary/aromatic N) is 1. The van der Waals surface area contributed by atoms with Crippen molar-refractivity contribution in [3.8, 4) is 28.7 Å². The normalized spacial score (nSPS) is 17.2. The van der Waals surface area contributed by atoms with Crippen molar-refractivity contribution in [2.45, 2.75) is 19.9 Å². The third kappa shape index (κ3) is 4.16. The zero-order chi connectivity index (χ0) is 24.4. The lowest BCUT2D eigenvalue weighted by atomic mass is 9.94. The van der Waals surface area contributed by atoms with Gasteiger partial charge in [0.05, 0.1) is 38.1 Å². The number of carbonyl (C=O) groups excluding carboxylic acids is 1. The van der Waals surface area contributed by atoms with Gasteiger partial charge in [0.2, 0.25) is 5.75 Å². The first-order chi connectivity index (χ1) is 16.4. The van der Waals surface area contributed by atoms with Gasteiger partial charge >= 0.3 is 5.97 Å². The maximum Gasteiger partial charge on any atom is 0.338 e. The van der Waals surface area contributed by atoms with Crippen molar-refractivity contribution >= 4 is 29.0 Å². The molecule has 2 N–H and O–H groups in total. The predicted octanol–water partition coefficient (Wildman–Crippen LogP) is 3.45. The number of hydrogen-bond donors (Lipinski definition) is 2. The van der Waals surface area contributed by atoms with Crippen molar-refractivity contribution in [2.24, 2.45) is 0 Å². The van der Waals surface area contributed by atoms with Gasteiger partial charge in [-0.1, -0.05) is 0 Å². The number of phenols is 1. The zero-order valence-electron chi connectivity index (χ0n) is 19.3. The summed E-state index contributed by atoms with van der Waals surface area (Å²) in [5, 5.41) is 13.9. The maximum absolute atomic E-state index is 13.1. The number of methoxy groups -OCH3 is 2. The monoisotopic (exact) mass is 486 g/mol. The summed E-state index contributed by atoms with van der Waals surface area (Å²) >= 11 is 5.71. The largest absolute Gasteiger partial charge is 0.502 e. The van der Waals surface area contributed by atoms with Crippen LogP contribution in [0.2, 0.25) is 0 Å². The molecule has 0 saturated carbocycles. The van der Waals surface area contributed by atoms with E-state index in [2.05, 4.69) is 5.32 Å². The lowest BCUT2D eigenvalue weighted by Gasteiger charge is -2.38. The molecule has 0 fully saturated rings. The molecule has 2 aromatic rings. The summed E-state index contributed by atoms with van der Waals surface area (Å²) in [6.07, 6.45) is 0. The Bertz CT molecular complexity index is 1140. The molecule has 2 aromatic carbocycles. The molecule has 0 aromatic heterocycles. The van der Waals surface area contributed by atoms with Crippen molar-refractivity contribution in [3.63, 3.8) is 0 Å². The first kappa shape index (κ1) is 23.5. The summed E-state index contributed by atoms with van der Waals surface area (Å²) in [5.74, 6) is 1.04. The number of nitrogens with one attached hydrogen (secondary N) is 1. The molecule has 0 radical (unpaired) electrons. The molecule has 1 atom stereocenters. The summed E-state index contributed by atoms with van der Waals surface area (Å²) < 4.78 is 27.3. The van der Waals surface area contributed by atoms with Crippen molar-refractivity contribution in [1.29, 1.82) is 0 Å². The minimum absolute atomic E-state index is 0.136. The minimum atomic E-state index is -0.664. The maximum atomic E-state index is 13.1. The smallest absolute Gasteiger partial charge is 0.338 e. The summed E-state index contributed by atoms with van der Waals surface area (Å²) in [4.78, 5) is 14.9. The quantitative estimate of drug-likeness (QED) is 0.467. The second-order valence-electron chi connectivity index (χ2n) is 7.54. The van der Waals surface area contributed by atoms with E-state index in [0.29, 0.717) is 52.3 Å². The number of hydrogen-bond acceptors (Lipinski definition) is 8. The van der Waals surface area contributed by atoms with Gasteiger partial charge in [0, 0.05) is 11.8 Å². The number of aromatic hydroxyl groups is 1. The molecule has 0 spiro atoms. The van der Waals surface area contributed by atoms with E-state index in [9.17, 15) is 9.90 Å². The van der Waals surface area contributed by atoms with E-state index in [1.165, 1.54) is 14.2 Å². The molecule has 1 unspecified atom stereocenters. The minimum Gasteiger partial charge on any atom is -0.502 e. The molecule has 0 bridgehead atoms. The number of ether oxygens (including phenoxy) is 5. The molecule has 0 amide bonds. The number of thiocarbonyl (C=S) groups is 1. The Morgan fingerprint density at radius 3 is 2.41 bits per heavy atom. The van der Waals surface area contributed by atoms with Crippen LogP contribution in [0.3, 0.4) is 0 Å². The van der Waals surface area contributed by atoms with Gasteiger partial charge in [0.1, 0.15) is 13.2 Å². The van der Waals surface area contributed by atoms with E-state index in [1.807, 2.05) is 18.2 Å². The predicted molar refractivity (Wildman–Crippen MR) is 129 cm³/mol. The van der Waals surface area contributed by atoms with Crippen LogP contribution >= 0.6 is 12.2 Å². The van der Waals surface area contributed by atoms with Gasteiger partial charge in [0.25, 0.3) is 0 Å². The molecule has 2 heterocycles. The fourth-order valence-corrected chi connectivity index (χ4v) is 4.39. The Morgan fingerprint density at radius 1 is 1.15 bits per heavy atom. The van der Waals surface area contributed by atoms with Crippen LogP contribution in [0, 0.1) is 0 Å². The number of benzene rings is 2. The molecule has 2 aliphatic rings. The number of allylic oxidation sites excluding steroid dienone is 1. The fourth-order valence-electron chi connectivity index (χ4n) is 4.03. The van der Waals surface area contributed by atoms with E-state index in [0.717, 1.165) is 0 Å². The highest BCUT2D eigenvalue weighted by Gasteiger charge is 2.36. The van der Waals surface area contributed by atoms with E-state index in [-0.39, 0.29) is 23.9 Å². The summed E-state index contributed by atoms with van der Waals surface area (Å²) in [6.45, 7) is 4.70. The van der Waals surface area contributed by atoms with Gasteiger partial charge in [0.15, 0.2) is 28.1 Å². The van der Waals surface area contributed by atoms with Crippen LogP contribution < -0.4 is 29.2 Å². The van der Waals surface area contributed by atoms with Crippen molar-refractivity contribution in [2.75, 3.05) is 38.9 Å². The zero-order valence-corrected chi connectivity index (χ0v) is 20.2.